The summed E-state index contributed by atoms with van der Waals surface area (Å²) in [6.45, 7) is 0.562. The van der Waals surface area contributed by atoms with Gasteiger partial charge in [0.1, 0.15) is 6.29 Å². The number of benzene rings is 1. The zero-order valence-electron chi connectivity index (χ0n) is 10.4. The summed E-state index contributed by atoms with van der Waals surface area (Å²) < 4.78 is 11.7. The Kier molecular flexibility index (Phi) is 4.99. The van der Waals surface area contributed by atoms with Crippen molar-refractivity contribution in [1.29, 1.82) is 0 Å². The maximum atomic E-state index is 10.8. The molecule has 0 fully saturated rings. The molecule has 1 aromatic heterocycles. The van der Waals surface area contributed by atoms with Crippen LogP contribution in [0.4, 0.5) is 0 Å². The Balaban J connectivity index is 2.08. The van der Waals surface area contributed by atoms with Crippen molar-refractivity contribution >= 4 is 33.6 Å². The van der Waals surface area contributed by atoms with Crippen LogP contribution in [0.3, 0.4) is 0 Å². The number of ether oxygens (including phenoxy) is 2. The molecule has 0 saturated carbocycles. The van der Waals surface area contributed by atoms with E-state index in [4.69, 9.17) is 9.47 Å². The first-order valence-corrected chi connectivity index (χ1v) is 7.44. The second-order valence-corrected chi connectivity index (χ2v) is 5.52. The third-order valence-electron chi connectivity index (χ3n) is 2.61. The largest absolute Gasteiger partial charge is 0.493 e. The predicted molar refractivity (Wildman–Crippen MR) is 79.6 cm³/mol. The molecule has 0 aliphatic heterocycles. The van der Waals surface area contributed by atoms with Crippen molar-refractivity contribution in [1.82, 2.24) is 0 Å². The van der Waals surface area contributed by atoms with E-state index in [1.165, 1.54) is 5.56 Å². The smallest absolute Gasteiger partial charge is 0.175 e. The molecule has 100 valence electrons. The average Bonchev–Trinajstić information content (AvgIpc) is 2.93. The summed E-state index contributed by atoms with van der Waals surface area (Å²) in [4.78, 5) is 10.8. The van der Waals surface area contributed by atoms with Gasteiger partial charge >= 0.3 is 0 Å². The van der Waals surface area contributed by atoms with Gasteiger partial charge in [0.25, 0.3) is 0 Å². The summed E-state index contributed by atoms with van der Waals surface area (Å²) in [7, 11) is 1.56. The van der Waals surface area contributed by atoms with E-state index < -0.39 is 0 Å². The van der Waals surface area contributed by atoms with Gasteiger partial charge in [-0.2, -0.15) is 11.3 Å². The number of rotatable bonds is 6. The van der Waals surface area contributed by atoms with Gasteiger partial charge in [-0.25, -0.2) is 0 Å². The zero-order valence-corrected chi connectivity index (χ0v) is 12.8. The standard InChI is InChI=1S/C14H13BrO3S/c1-17-13-7-11(8-16)6-12(15)14(13)18-4-2-10-3-5-19-9-10/h3,5-9H,2,4H2,1H3. The van der Waals surface area contributed by atoms with Crippen LogP contribution in [0.15, 0.2) is 33.4 Å². The number of hydrogen-bond donors (Lipinski definition) is 0. The molecule has 0 N–H and O–H groups in total. The first-order chi connectivity index (χ1) is 9.24. The summed E-state index contributed by atoms with van der Waals surface area (Å²) in [6, 6.07) is 5.46. The molecular formula is C14H13BrO3S. The van der Waals surface area contributed by atoms with E-state index >= 15 is 0 Å². The van der Waals surface area contributed by atoms with Crippen LogP contribution in [-0.2, 0) is 6.42 Å². The van der Waals surface area contributed by atoms with Crippen LogP contribution < -0.4 is 9.47 Å². The third-order valence-corrected chi connectivity index (χ3v) is 3.93. The first kappa shape index (κ1) is 14.1. The molecule has 0 spiro atoms. The number of thiophene rings is 1. The highest BCUT2D eigenvalue weighted by molar-refractivity contribution is 9.10. The lowest BCUT2D eigenvalue weighted by molar-refractivity contribution is 0.112. The van der Waals surface area contributed by atoms with Crippen LogP contribution >= 0.6 is 27.3 Å². The van der Waals surface area contributed by atoms with Crippen LogP contribution in [0.5, 0.6) is 11.5 Å². The molecule has 2 rings (SSSR count). The van der Waals surface area contributed by atoms with Crippen LogP contribution in [-0.4, -0.2) is 20.0 Å². The normalized spacial score (nSPS) is 10.2. The molecule has 1 aromatic carbocycles. The second-order valence-electron chi connectivity index (χ2n) is 3.88. The van der Waals surface area contributed by atoms with Crippen molar-refractivity contribution in [2.75, 3.05) is 13.7 Å². The molecule has 19 heavy (non-hydrogen) atoms. The molecule has 0 atom stereocenters. The topological polar surface area (TPSA) is 35.5 Å². The Hall–Kier alpha value is -1.33. The van der Waals surface area contributed by atoms with Gasteiger partial charge in [-0.05, 0) is 50.5 Å². The van der Waals surface area contributed by atoms with Crippen molar-refractivity contribution in [3.63, 3.8) is 0 Å². The lowest BCUT2D eigenvalue weighted by atomic mass is 10.2. The molecule has 0 aliphatic carbocycles. The fourth-order valence-corrected chi connectivity index (χ4v) is 2.93. The minimum atomic E-state index is 0.550. The van der Waals surface area contributed by atoms with E-state index in [0.717, 1.165) is 17.2 Å². The van der Waals surface area contributed by atoms with Crippen LogP contribution in [0.25, 0.3) is 0 Å². The van der Waals surface area contributed by atoms with E-state index in [9.17, 15) is 4.79 Å². The maximum Gasteiger partial charge on any atom is 0.175 e. The van der Waals surface area contributed by atoms with Gasteiger partial charge in [0, 0.05) is 12.0 Å². The van der Waals surface area contributed by atoms with Gasteiger partial charge in [-0.3, -0.25) is 4.79 Å². The number of carbonyl (C=O) groups excluding carboxylic acids is 1. The van der Waals surface area contributed by atoms with E-state index in [-0.39, 0.29) is 0 Å². The van der Waals surface area contributed by atoms with Crippen LogP contribution in [0.2, 0.25) is 0 Å². The minimum Gasteiger partial charge on any atom is -0.493 e. The molecule has 1 heterocycles. The van der Waals surface area contributed by atoms with Gasteiger partial charge in [-0.1, -0.05) is 0 Å². The van der Waals surface area contributed by atoms with E-state index in [1.54, 1.807) is 30.6 Å². The summed E-state index contributed by atoms with van der Waals surface area (Å²) in [6.07, 6.45) is 1.62. The Morgan fingerprint density at radius 3 is 2.89 bits per heavy atom. The van der Waals surface area contributed by atoms with Gasteiger partial charge in [0.2, 0.25) is 0 Å². The number of hydrogen-bond acceptors (Lipinski definition) is 4. The molecule has 0 bridgehead atoms. The second kappa shape index (κ2) is 6.73. The van der Waals surface area contributed by atoms with E-state index in [0.29, 0.717) is 23.7 Å². The van der Waals surface area contributed by atoms with Gasteiger partial charge in [0.05, 0.1) is 18.2 Å². The highest BCUT2D eigenvalue weighted by Crippen LogP contribution is 2.36. The van der Waals surface area contributed by atoms with Gasteiger partial charge in [-0.15, -0.1) is 0 Å². The monoisotopic (exact) mass is 340 g/mol. The van der Waals surface area contributed by atoms with E-state index in [2.05, 4.69) is 27.4 Å². The van der Waals surface area contributed by atoms with Crippen LogP contribution in [0, 0.1) is 0 Å². The Morgan fingerprint density at radius 2 is 2.26 bits per heavy atom. The van der Waals surface area contributed by atoms with Crippen LogP contribution in [0.1, 0.15) is 15.9 Å². The lowest BCUT2D eigenvalue weighted by Gasteiger charge is -2.12. The highest BCUT2D eigenvalue weighted by Gasteiger charge is 2.11. The predicted octanol–water partition coefficient (Wildman–Crippen LogP) is 3.95. The average molecular weight is 341 g/mol. The van der Waals surface area contributed by atoms with Crippen molar-refractivity contribution in [3.05, 3.63) is 44.6 Å². The Bertz CT molecular complexity index is 552. The number of carbonyl (C=O) groups is 1. The van der Waals surface area contributed by atoms with Gasteiger partial charge < -0.3 is 9.47 Å². The number of halogens is 1. The molecule has 0 unspecified atom stereocenters. The molecule has 3 nitrogen and oxygen atoms in total. The summed E-state index contributed by atoms with van der Waals surface area (Å²) in [5.41, 5.74) is 1.80. The molecule has 5 heteroatoms. The third kappa shape index (κ3) is 3.58. The van der Waals surface area contributed by atoms with Crippen molar-refractivity contribution in [2.24, 2.45) is 0 Å². The number of methoxy groups -OCH3 is 1. The Morgan fingerprint density at radius 1 is 1.42 bits per heavy atom. The van der Waals surface area contributed by atoms with Crippen molar-refractivity contribution in [2.45, 2.75) is 6.42 Å². The van der Waals surface area contributed by atoms with E-state index in [1.807, 2.05) is 5.38 Å². The lowest BCUT2D eigenvalue weighted by Crippen LogP contribution is -2.03. The molecule has 0 amide bonds. The molecule has 0 aliphatic rings. The number of aldehydes is 1. The quantitative estimate of drug-likeness (QED) is 0.747. The van der Waals surface area contributed by atoms with Gasteiger partial charge in [0.15, 0.2) is 11.5 Å². The molecule has 2 aromatic rings. The SMILES string of the molecule is COc1cc(C=O)cc(Br)c1OCCc1ccsc1. The summed E-state index contributed by atoms with van der Waals surface area (Å²) in [5.74, 6) is 1.19. The summed E-state index contributed by atoms with van der Waals surface area (Å²) >= 11 is 5.07. The molecule has 0 saturated heterocycles. The fourth-order valence-electron chi connectivity index (χ4n) is 1.65. The van der Waals surface area contributed by atoms with Crippen molar-refractivity contribution < 1.29 is 14.3 Å². The minimum absolute atomic E-state index is 0.550. The van der Waals surface area contributed by atoms with Crippen molar-refractivity contribution in [3.8, 4) is 11.5 Å². The Labute approximate surface area is 124 Å². The zero-order chi connectivity index (χ0) is 13.7. The first-order valence-electron chi connectivity index (χ1n) is 5.71. The molecule has 0 radical (unpaired) electrons. The maximum absolute atomic E-state index is 10.8. The fraction of sp³-hybridized carbons (Fsp3) is 0.214. The summed E-state index contributed by atoms with van der Waals surface area (Å²) in [5, 5.41) is 4.15. The molecular weight excluding hydrogens is 328 g/mol. The highest BCUT2D eigenvalue weighted by atomic mass is 79.9.